The van der Waals surface area contributed by atoms with Gasteiger partial charge in [0.05, 0.1) is 0 Å². The van der Waals surface area contributed by atoms with E-state index in [-0.39, 0.29) is 5.91 Å². The smallest absolute Gasteiger partial charge is 0.298 e. The summed E-state index contributed by atoms with van der Waals surface area (Å²) in [5.74, 6) is 5.25. The lowest BCUT2D eigenvalue weighted by Gasteiger charge is -2.20. The topological polar surface area (TPSA) is 36.1 Å². The van der Waals surface area contributed by atoms with Crippen LogP contribution in [0.2, 0.25) is 0 Å². The Kier molecular flexibility index (Phi) is 4.98. The van der Waals surface area contributed by atoms with Gasteiger partial charge in [0.2, 0.25) is 0 Å². The molecule has 1 N–H and O–H groups in total. The molecule has 1 amide bonds. The van der Waals surface area contributed by atoms with Crippen molar-refractivity contribution in [2.45, 2.75) is 19.9 Å². The highest BCUT2D eigenvalue weighted by Crippen LogP contribution is 2.18. The van der Waals surface area contributed by atoms with Gasteiger partial charge in [0.1, 0.15) is 0 Å². The van der Waals surface area contributed by atoms with E-state index in [4.69, 9.17) is 0 Å². The highest BCUT2D eigenvalue weighted by Gasteiger charge is 2.13. The fourth-order valence-electron chi connectivity index (χ4n) is 2.84. The minimum absolute atomic E-state index is 0.124. The number of nitrogens with zero attached hydrogens (tertiary/aromatic N) is 1. The highest BCUT2D eigenvalue weighted by molar-refractivity contribution is 5.93. The average molecular weight is 316 g/mol. The van der Waals surface area contributed by atoms with E-state index in [2.05, 4.69) is 29.0 Å². The van der Waals surface area contributed by atoms with Crippen LogP contribution in [0.4, 0.5) is 0 Å². The van der Waals surface area contributed by atoms with Gasteiger partial charge in [-0.15, -0.1) is 0 Å². The van der Waals surface area contributed by atoms with Crippen molar-refractivity contribution in [3.63, 3.8) is 0 Å². The first-order valence-electron chi connectivity index (χ1n) is 8.08. The van der Waals surface area contributed by atoms with Gasteiger partial charge in [-0.1, -0.05) is 54.5 Å². The lowest BCUT2D eigenvalue weighted by molar-refractivity contribution is -0.125. The number of benzene rings is 2. The Morgan fingerprint density at radius 2 is 1.83 bits per heavy atom. The largest absolute Gasteiger partial charge is 0.361 e. The minimum atomic E-state index is -0.124. The van der Waals surface area contributed by atoms with E-state index in [0.717, 1.165) is 17.5 Å². The molecular formula is C21H20N2O. The Morgan fingerprint density at radius 3 is 2.62 bits per heavy atom. The normalized spacial score (nSPS) is 10.2. The maximum Gasteiger partial charge on any atom is 0.298 e. The summed E-state index contributed by atoms with van der Waals surface area (Å²) < 4.78 is 0. The minimum Gasteiger partial charge on any atom is -0.361 e. The highest BCUT2D eigenvalue weighted by atomic mass is 16.2. The molecule has 0 aliphatic rings. The Morgan fingerprint density at radius 1 is 1.08 bits per heavy atom. The Bertz CT molecular complexity index is 884. The molecule has 0 saturated heterocycles. The van der Waals surface area contributed by atoms with E-state index < -0.39 is 0 Å². The summed E-state index contributed by atoms with van der Waals surface area (Å²) in [6, 6.07) is 18.3. The van der Waals surface area contributed by atoms with Crippen LogP contribution < -0.4 is 0 Å². The zero-order chi connectivity index (χ0) is 16.8. The molecule has 0 radical (unpaired) electrons. The molecule has 0 spiro atoms. The molecule has 0 saturated carbocycles. The molecule has 3 aromatic rings. The second-order valence-electron chi connectivity index (χ2n) is 5.70. The van der Waals surface area contributed by atoms with Crippen LogP contribution in [-0.4, -0.2) is 22.3 Å². The predicted molar refractivity (Wildman–Crippen MR) is 97.3 cm³/mol. The monoisotopic (exact) mass is 316 g/mol. The van der Waals surface area contributed by atoms with Crippen molar-refractivity contribution in [2.24, 2.45) is 0 Å². The van der Waals surface area contributed by atoms with Gasteiger partial charge >= 0.3 is 0 Å². The summed E-state index contributed by atoms with van der Waals surface area (Å²) in [6.07, 6.45) is 2.83. The number of carbonyl (C=O) groups excluding carboxylic acids is 1. The quantitative estimate of drug-likeness (QED) is 0.715. The van der Waals surface area contributed by atoms with Gasteiger partial charge in [0, 0.05) is 30.2 Å². The number of fused-ring (bicyclic) bond motifs is 1. The molecule has 0 bridgehead atoms. The lowest BCUT2D eigenvalue weighted by Crippen LogP contribution is -2.31. The van der Waals surface area contributed by atoms with Crippen LogP contribution in [0.15, 0.2) is 60.8 Å². The van der Waals surface area contributed by atoms with E-state index in [1.165, 1.54) is 10.9 Å². The molecule has 0 unspecified atom stereocenters. The number of para-hydroxylation sites is 1. The van der Waals surface area contributed by atoms with Crippen LogP contribution in [0.25, 0.3) is 10.9 Å². The number of carbonyl (C=O) groups is 1. The van der Waals surface area contributed by atoms with E-state index in [1.54, 1.807) is 6.92 Å². The second kappa shape index (κ2) is 7.52. The zero-order valence-corrected chi connectivity index (χ0v) is 13.8. The van der Waals surface area contributed by atoms with Crippen LogP contribution in [0.1, 0.15) is 18.1 Å². The van der Waals surface area contributed by atoms with Gasteiger partial charge in [0.25, 0.3) is 5.91 Å². The summed E-state index contributed by atoms with van der Waals surface area (Å²) in [4.78, 5) is 17.4. The number of amides is 1. The first-order chi connectivity index (χ1) is 11.8. The van der Waals surface area contributed by atoms with Gasteiger partial charge in [-0.3, -0.25) is 4.79 Å². The predicted octanol–water partition coefficient (Wildman–Crippen LogP) is 3.76. The maximum absolute atomic E-state index is 12.3. The molecule has 24 heavy (non-hydrogen) atoms. The number of aromatic amines is 1. The molecule has 3 heteroatoms. The molecule has 2 aromatic carbocycles. The van der Waals surface area contributed by atoms with E-state index >= 15 is 0 Å². The van der Waals surface area contributed by atoms with E-state index in [0.29, 0.717) is 13.1 Å². The summed E-state index contributed by atoms with van der Waals surface area (Å²) in [7, 11) is 0. The van der Waals surface area contributed by atoms with E-state index in [1.807, 2.05) is 53.6 Å². The van der Waals surface area contributed by atoms with Crippen LogP contribution >= 0.6 is 0 Å². The zero-order valence-electron chi connectivity index (χ0n) is 13.8. The lowest BCUT2D eigenvalue weighted by atomic mass is 10.1. The van der Waals surface area contributed by atoms with Crippen LogP contribution in [0.3, 0.4) is 0 Å². The first kappa shape index (κ1) is 15.9. The number of aromatic nitrogens is 1. The number of nitrogens with one attached hydrogen (secondary N) is 1. The van der Waals surface area contributed by atoms with Crippen molar-refractivity contribution in [3.05, 3.63) is 71.9 Å². The third-order valence-electron chi connectivity index (χ3n) is 4.06. The maximum atomic E-state index is 12.3. The third kappa shape index (κ3) is 3.67. The SMILES string of the molecule is CC#CC(=O)N(CCc1c[nH]c2ccccc12)Cc1ccccc1. The molecule has 3 nitrogen and oxygen atoms in total. The molecule has 1 aromatic heterocycles. The molecule has 0 aliphatic heterocycles. The number of hydrogen-bond acceptors (Lipinski definition) is 1. The molecule has 0 atom stereocenters. The standard InChI is InChI=1S/C21H20N2O/c1-2-8-21(24)23(16-17-9-4-3-5-10-17)14-13-18-15-22-20-12-7-6-11-19(18)20/h3-7,9-12,15,22H,13-14,16H2,1H3. The molecule has 0 fully saturated rings. The molecule has 0 aliphatic carbocycles. The van der Waals surface area contributed by atoms with Gasteiger partial charge in [-0.05, 0) is 36.5 Å². The Labute approximate surface area is 142 Å². The summed E-state index contributed by atoms with van der Waals surface area (Å²) in [6.45, 7) is 2.92. The Balaban J connectivity index is 1.76. The van der Waals surface area contributed by atoms with E-state index in [9.17, 15) is 4.79 Å². The molecular weight excluding hydrogens is 296 g/mol. The number of H-pyrrole nitrogens is 1. The fourth-order valence-corrected chi connectivity index (χ4v) is 2.84. The van der Waals surface area contributed by atoms with Gasteiger partial charge < -0.3 is 9.88 Å². The van der Waals surface area contributed by atoms with Crippen LogP contribution in [-0.2, 0) is 17.8 Å². The first-order valence-corrected chi connectivity index (χ1v) is 8.08. The van der Waals surface area contributed by atoms with Crippen molar-refractivity contribution in [3.8, 4) is 11.8 Å². The molecule has 1 heterocycles. The molecule has 3 rings (SSSR count). The third-order valence-corrected chi connectivity index (χ3v) is 4.06. The van der Waals surface area contributed by atoms with Gasteiger partial charge in [-0.2, -0.15) is 0 Å². The fraction of sp³-hybridized carbons (Fsp3) is 0.190. The van der Waals surface area contributed by atoms with Crippen molar-refractivity contribution >= 4 is 16.8 Å². The van der Waals surface area contributed by atoms with Gasteiger partial charge in [-0.25, -0.2) is 0 Å². The number of hydrogen-bond donors (Lipinski definition) is 1. The molecule has 120 valence electrons. The van der Waals surface area contributed by atoms with Crippen molar-refractivity contribution in [1.29, 1.82) is 0 Å². The summed E-state index contributed by atoms with van der Waals surface area (Å²) in [5, 5.41) is 1.21. The van der Waals surface area contributed by atoms with Crippen molar-refractivity contribution < 1.29 is 4.79 Å². The van der Waals surface area contributed by atoms with Crippen molar-refractivity contribution in [2.75, 3.05) is 6.54 Å². The Hall–Kier alpha value is -2.99. The van der Waals surface area contributed by atoms with Crippen molar-refractivity contribution in [1.82, 2.24) is 9.88 Å². The summed E-state index contributed by atoms with van der Waals surface area (Å²) >= 11 is 0. The summed E-state index contributed by atoms with van der Waals surface area (Å²) in [5.41, 5.74) is 3.46. The van der Waals surface area contributed by atoms with Gasteiger partial charge in [0.15, 0.2) is 0 Å². The number of rotatable bonds is 5. The van der Waals surface area contributed by atoms with Crippen LogP contribution in [0.5, 0.6) is 0 Å². The second-order valence-corrected chi connectivity index (χ2v) is 5.70. The van der Waals surface area contributed by atoms with Crippen LogP contribution in [0, 0.1) is 11.8 Å². The average Bonchev–Trinajstić information content (AvgIpc) is 3.03.